The third-order valence-corrected chi connectivity index (χ3v) is 8.13. The minimum absolute atomic E-state index is 0.0360. The van der Waals surface area contributed by atoms with Gasteiger partial charge in [-0.05, 0) is 71.8 Å². The lowest BCUT2D eigenvalue weighted by atomic mass is 9.58. The highest BCUT2D eigenvalue weighted by Crippen LogP contribution is 2.50. The molecule has 198 valence electrons. The van der Waals surface area contributed by atoms with Gasteiger partial charge in [0.05, 0.1) is 17.1 Å². The van der Waals surface area contributed by atoms with Gasteiger partial charge >= 0.3 is 0 Å². The Hall–Kier alpha value is -3.15. The topological polar surface area (TPSA) is 77.2 Å². The number of nitrogens with one attached hydrogen (secondary N) is 1. The maximum absolute atomic E-state index is 13.1. The molecule has 1 aliphatic rings. The van der Waals surface area contributed by atoms with Gasteiger partial charge < -0.3 is 14.5 Å². The molecule has 1 aliphatic carbocycles. The monoisotopic (exact) mass is 503 g/mol. The summed E-state index contributed by atoms with van der Waals surface area (Å²) in [6, 6.07) is 7.76. The van der Waals surface area contributed by atoms with Gasteiger partial charge in [0.2, 0.25) is 0 Å². The van der Waals surface area contributed by atoms with E-state index in [4.69, 9.17) is 9.15 Å². The highest BCUT2D eigenvalue weighted by molar-refractivity contribution is 6.03. The van der Waals surface area contributed by atoms with E-state index in [-0.39, 0.29) is 28.4 Å². The molecule has 1 atom stereocenters. The van der Waals surface area contributed by atoms with Crippen molar-refractivity contribution in [2.24, 2.45) is 5.92 Å². The Labute approximate surface area is 221 Å². The fraction of sp³-hybridized carbons (Fsp3) is 0.516. The number of rotatable bonds is 7. The summed E-state index contributed by atoms with van der Waals surface area (Å²) in [6.07, 6.45) is 3.31. The molecule has 1 aromatic carbocycles. The van der Waals surface area contributed by atoms with Gasteiger partial charge in [0.1, 0.15) is 11.6 Å². The van der Waals surface area contributed by atoms with Crippen LogP contribution in [0.4, 0.5) is 5.69 Å². The Morgan fingerprint density at radius 3 is 2.27 bits per heavy atom. The normalized spacial score (nSPS) is 17.8. The molecule has 4 rings (SSSR count). The molecule has 0 spiro atoms. The Balaban J connectivity index is 1.60. The van der Waals surface area contributed by atoms with Crippen LogP contribution in [0.2, 0.25) is 0 Å². The number of hydrogen-bond donors (Lipinski definition) is 1. The van der Waals surface area contributed by atoms with Crippen LogP contribution < -0.4 is 10.1 Å². The molecular weight excluding hydrogens is 462 g/mol. The summed E-state index contributed by atoms with van der Waals surface area (Å²) in [6.45, 7) is 19.7. The number of aromatic nitrogens is 2. The summed E-state index contributed by atoms with van der Waals surface area (Å²) in [5.74, 6) is 2.22. The second-order valence-corrected chi connectivity index (χ2v) is 11.5. The van der Waals surface area contributed by atoms with Crippen molar-refractivity contribution in [3.8, 4) is 11.7 Å². The first-order valence-corrected chi connectivity index (χ1v) is 13.5. The quantitative estimate of drug-likeness (QED) is 0.357. The number of fused-ring (bicyclic) bond motifs is 1. The summed E-state index contributed by atoms with van der Waals surface area (Å²) in [5.41, 5.74) is 6.24. The van der Waals surface area contributed by atoms with Crippen LogP contribution in [0, 0.1) is 12.8 Å². The van der Waals surface area contributed by atoms with Crippen molar-refractivity contribution < 1.29 is 13.9 Å². The van der Waals surface area contributed by atoms with Gasteiger partial charge in [-0.15, -0.1) is 0 Å². The van der Waals surface area contributed by atoms with Gasteiger partial charge in [-0.2, -0.15) is 0 Å². The van der Waals surface area contributed by atoms with E-state index in [1.165, 1.54) is 11.1 Å². The van der Waals surface area contributed by atoms with E-state index in [2.05, 4.69) is 69.0 Å². The first-order valence-electron chi connectivity index (χ1n) is 13.5. The van der Waals surface area contributed by atoms with Crippen LogP contribution in [-0.4, -0.2) is 15.9 Å². The summed E-state index contributed by atoms with van der Waals surface area (Å²) in [4.78, 5) is 22.3. The number of amides is 1. The minimum atomic E-state index is -0.342. The highest BCUT2D eigenvalue weighted by Gasteiger charge is 2.42. The number of carbonyl (C=O) groups excluding carboxylic acids is 1. The number of furan rings is 1. The molecule has 3 aromatic rings. The van der Waals surface area contributed by atoms with Crippen molar-refractivity contribution in [1.29, 1.82) is 0 Å². The van der Waals surface area contributed by atoms with E-state index < -0.39 is 0 Å². The maximum atomic E-state index is 13.1. The molecule has 0 saturated carbocycles. The van der Waals surface area contributed by atoms with E-state index in [1.54, 1.807) is 12.1 Å². The van der Waals surface area contributed by atoms with Crippen LogP contribution in [0.15, 0.2) is 28.7 Å². The van der Waals surface area contributed by atoms with E-state index in [0.717, 1.165) is 41.4 Å². The fourth-order valence-electron chi connectivity index (χ4n) is 5.50. The fourth-order valence-corrected chi connectivity index (χ4v) is 5.50. The van der Waals surface area contributed by atoms with Crippen LogP contribution in [0.25, 0.3) is 0 Å². The SMILES string of the molecule is CCc1nc(CC)c(NC(=O)c2ccc(Oc3cc4c(cc3C)C(C)(C)CC(C)C4(C)C)o2)c(CC)n1. The summed E-state index contributed by atoms with van der Waals surface area (Å²) in [5, 5.41) is 2.99. The molecule has 0 radical (unpaired) electrons. The van der Waals surface area contributed by atoms with Gasteiger partial charge in [-0.3, -0.25) is 4.79 Å². The molecule has 1 amide bonds. The zero-order valence-corrected chi connectivity index (χ0v) is 23.8. The van der Waals surface area contributed by atoms with Crippen LogP contribution in [0.5, 0.6) is 11.7 Å². The Morgan fingerprint density at radius 1 is 1.03 bits per heavy atom. The Morgan fingerprint density at radius 2 is 1.68 bits per heavy atom. The molecule has 2 heterocycles. The Bertz CT molecular complexity index is 1290. The van der Waals surface area contributed by atoms with E-state index in [9.17, 15) is 4.79 Å². The van der Waals surface area contributed by atoms with E-state index in [1.807, 2.05) is 20.8 Å². The second-order valence-electron chi connectivity index (χ2n) is 11.5. The molecule has 2 aromatic heterocycles. The van der Waals surface area contributed by atoms with Gasteiger partial charge in [-0.25, -0.2) is 9.97 Å². The smallest absolute Gasteiger partial charge is 0.291 e. The van der Waals surface area contributed by atoms with Crippen LogP contribution in [-0.2, 0) is 30.1 Å². The molecule has 6 heteroatoms. The van der Waals surface area contributed by atoms with Crippen LogP contribution in [0.1, 0.15) is 106 Å². The highest BCUT2D eigenvalue weighted by atomic mass is 16.6. The van der Waals surface area contributed by atoms with Crippen molar-refractivity contribution in [2.75, 3.05) is 5.32 Å². The molecule has 0 fully saturated rings. The zero-order chi connectivity index (χ0) is 27.1. The van der Waals surface area contributed by atoms with Crippen molar-refractivity contribution in [1.82, 2.24) is 9.97 Å². The van der Waals surface area contributed by atoms with Gasteiger partial charge in [0.25, 0.3) is 11.9 Å². The lowest BCUT2D eigenvalue weighted by Gasteiger charge is -2.46. The molecule has 0 saturated heterocycles. The van der Waals surface area contributed by atoms with Gasteiger partial charge in [0.15, 0.2) is 5.76 Å². The molecule has 37 heavy (non-hydrogen) atoms. The van der Waals surface area contributed by atoms with Crippen molar-refractivity contribution in [3.63, 3.8) is 0 Å². The first kappa shape index (κ1) is 26.9. The predicted molar refractivity (Wildman–Crippen MR) is 148 cm³/mol. The number of carbonyl (C=O) groups is 1. The van der Waals surface area contributed by atoms with Crippen molar-refractivity contribution >= 4 is 11.6 Å². The lowest BCUT2D eigenvalue weighted by Crippen LogP contribution is -2.40. The minimum Gasteiger partial charge on any atom is -0.426 e. The Kier molecular flexibility index (Phi) is 7.24. The maximum Gasteiger partial charge on any atom is 0.291 e. The van der Waals surface area contributed by atoms with Gasteiger partial charge in [0, 0.05) is 12.5 Å². The number of hydrogen-bond acceptors (Lipinski definition) is 5. The third-order valence-electron chi connectivity index (χ3n) is 8.13. The van der Waals surface area contributed by atoms with Crippen LogP contribution in [0.3, 0.4) is 0 Å². The van der Waals surface area contributed by atoms with Crippen LogP contribution >= 0.6 is 0 Å². The zero-order valence-electron chi connectivity index (χ0n) is 23.8. The lowest BCUT2D eigenvalue weighted by molar-refractivity contribution is 0.0991. The number of ether oxygens (including phenoxy) is 1. The van der Waals surface area contributed by atoms with Gasteiger partial charge in [-0.1, -0.05) is 61.5 Å². The molecular formula is C31H41N3O3. The molecule has 0 aliphatic heterocycles. The van der Waals surface area contributed by atoms with E-state index in [0.29, 0.717) is 24.4 Å². The standard InChI is InChI=1S/C31H41N3O3/c1-10-22-28(23(11-2)33-26(12-3)32-22)34-29(35)24-13-14-27(36-24)37-25-16-21-20(15-18(25)4)30(6,7)17-19(5)31(21,8)9/h13-16,19H,10-12,17H2,1-9H3,(H,34,35). The predicted octanol–water partition coefficient (Wildman–Crippen LogP) is 7.70. The average Bonchev–Trinajstić information content (AvgIpc) is 3.32. The molecule has 1 unspecified atom stereocenters. The van der Waals surface area contributed by atoms with Crippen molar-refractivity contribution in [2.45, 2.75) is 98.8 Å². The first-order chi connectivity index (χ1) is 17.4. The second kappa shape index (κ2) is 9.96. The van der Waals surface area contributed by atoms with E-state index >= 15 is 0 Å². The molecule has 0 bridgehead atoms. The van der Waals surface area contributed by atoms with Crippen molar-refractivity contribution in [3.05, 3.63) is 63.9 Å². The number of benzene rings is 1. The molecule has 6 nitrogen and oxygen atoms in total. The third kappa shape index (κ3) is 5.03. The number of aryl methyl sites for hydroxylation is 4. The number of anilines is 1. The average molecular weight is 504 g/mol. The number of nitrogens with zero attached hydrogens (tertiary/aromatic N) is 2. The summed E-state index contributed by atoms with van der Waals surface area (Å²) < 4.78 is 12.1. The summed E-state index contributed by atoms with van der Waals surface area (Å²) in [7, 11) is 0. The largest absolute Gasteiger partial charge is 0.426 e. The molecule has 1 N–H and O–H groups in total. The summed E-state index contributed by atoms with van der Waals surface area (Å²) >= 11 is 0.